The van der Waals surface area contributed by atoms with Crippen LogP contribution in [0.25, 0.3) is 0 Å². The topological polar surface area (TPSA) is 26.3 Å². The van der Waals surface area contributed by atoms with Crippen LogP contribution in [0.5, 0.6) is 0 Å². The van der Waals surface area contributed by atoms with E-state index in [2.05, 4.69) is 20.8 Å². The van der Waals surface area contributed by atoms with Gasteiger partial charge in [0.2, 0.25) is 0 Å². The van der Waals surface area contributed by atoms with E-state index in [0.29, 0.717) is 12.5 Å². The zero-order valence-electron chi connectivity index (χ0n) is 13.3. The van der Waals surface area contributed by atoms with Crippen molar-refractivity contribution in [3.63, 3.8) is 0 Å². The van der Waals surface area contributed by atoms with E-state index in [1.807, 2.05) is 6.92 Å². The summed E-state index contributed by atoms with van der Waals surface area (Å²) in [6.07, 6.45) is 11.4. The molecule has 0 radical (unpaired) electrons. The summed E-state index contributed by atoms with van der Waals surface area (Å²) < 4.78 is 5.17. The molecule has 0 spiro atoms. The van der Waals surface area contributed by atoms with E-state index in [4.69, 9.17) is 4.74 Å². The standard InChI is InChI=1S/C17H32O2/c1-5-6-7-8-9-10-11-16(4)14-17(18)19-13-12-15(2)3/h14-15H,5-13H2,1-4H3/b16-14+. The normalized spacial score (nSPS) is 11.9. The van der Waals surface area contributed by atoms with E-state index in [1.165, 1.54) is 38.5 Å². The van der Waals surface area contributed by atoms with Crippen LogP contribution in [0.1, 0.15) is 79.1 Å². The third-order valence-corrected chi connectivity index (χ3v) is 3.23. The van der Waals surface area contributed by atoms with Gasteiger partial charge in [-0.3, -0.25) is 0 Å². The second kappa shape index (κ2) is 12.3. The van der Waals surface area contributed by atoms with Gasteiger partial charge in [0.05, 0.1) is 6.61 Å². The number of rotatable bonds is 11. The Morgan fingerprint density at radius 3 is 2.37 bits per heavy atom. The largest absolute Gasteiger partial charge is 0.463 e. The van der Waals surface area contributed by atoms with Gasteiger partial charge >= 0.3 is 5.97 Å². The molecule has 112 valence electrons. The number of allylic oxidation sites excluding steroid dienone is 1. The number of unbranched alkanes of at least 4 members (excludes halogenated alkanes) is 5. The van der Waals surface area contributed by atoms with Crippen molar-refractivity contribution in [2.75, 3.05) is 6.61 Å². The Kier molecular flexibility index (Phi) is 11.7. The van der Waals surface area contributed by atoms with E-state index >= 15 is 0 Å². The number of ether oxygens (including phenoxy) is 1. The van der Waals surface area contributed by atoms with E-state index in [-0.39, 0.29) is 5.97 Å². The van der Waals surface area contributed by atoms with Gasteiger partial charge in [-0.05, 0) is 32.1 Å². The zero-order valence-corrected chi connectivity index (χ0v) is 13.3. The predicted octanol–water partition coefficient (Wildman–Crippen LogP) is 5.27. The van der Waals surface area contributed by atoms with Crippen molar-refractivity contribution < 1.29 is 9.53 Å². The lowest BCUT2D eigenvalue weighted by Crippen LogP contribution is -2.05. The molecule has 0 unspecified atom stereocenters. The van der Waals surface area contributed by atoms with Gasteiger partial charge < -0.3 is 4.74 Å². The lowest BCUT2D eigenvalue weighted by molar-refractivity contribution is -0.138. The minimum absolute atomic E-state index is 0.177. The molecule has 0 aromatic heterocycles. The van der Waals surface area contributed by atoms with Gasteiger partial charge in [-0.25, -0.2) is 4.79 Å². The van der Waals surface area contributed by atoms with Crippen molar-refractivity contribution in [3.05, 3.63) is 11.6 Å². The molecule has 0 saturated carbocycles. The van der Waals surface area contributed by atoms with Crippen LogP contribution in [0.15, 0.2) is 11.6 Å². The quantitative estimate of drug-likeness (QED) is 0.290. The molecule has 0 aliphatic rings. The third-order valence-electron chi connectivity index (χ3n) is 3.23. The molecule has 0 amide bonds. The summed E-state index contributed by atoms with van der Waals surface area (Å²) in [5.74, 6) is 0.408. The fourth-order valence-corrected chi connectivity index (χ4v) is 1.89. The van der Waals surface area contributed by atoms with E-state index in [1.54, 1.807) is 6.08 Å². The summed E-state index contributed by atoms with van der Waals surface area (Å²) in [6, 6.07) is 0. The molecular formula is C17H32O2. The molecule has 2 heteroatoms. The van der Waals surface area contributed by atoms with Crippen molar-refractivity contribution in [2.45, 2.75) is 79.1 Å². The number of carbonyl (C=O) groups is 1. The Hall–Kier alpha value is -0.790. The van der Waals surface area contributed by atoms with Crippen LogP contribution in [0.3, 0.4) is 0 Å². The highest BCUT2D eigenvalue weighted by Gasteiger charge is 2.01. The summed E-state index contributed by atoms with van der Waals surface area (Å²) in [5, 5.41) is 0. The summed E-state index contributed by atoms with van der Waals surface area (Å²) >= 11 is 0. The SMILES string of the molecule is CCCCCCCC/C(C)=C/C(=O)OCCC(C)C. The van der Waals surface area contributed by atoms with Crippen LogP contribution < -0.4 is 0 Å². The van der Waals surface area contributed by atoms with Crippen LogP contribution in [0.2, 0.25) is 0 Å². The molecule has 0 aliphatic heterocycles. The van der Waals surface area contributed by atoms with Crippen LogP contribution in [0.4, 0.5) is 0 Å². The second-order valence-electron chi connectivity index (χ2n) is 5.86. The Balaban J connectivity index is 3.60. The van der Waals surface area contributed by atoms with Crippen LogP contribution in [-0.2, 0) is 9.53 Å². The molecule has 0 aromatic rings. The number of carbonyl (C=O) groups excluding carboxylic acids is 1. The fraction of sp³-hybridized carbons (Fsp3) is 0.824. The maximum atomic E-state index is 11.5. The Morgan fingerprint density at radius 2 is 1.74 bits per heavy atom. The minimum Gasteiger partial charge on any atom is -0.463 e. The summed E-state index contributed by atoms with van der Waals surface area (Å²) in [6.45, 7) is 9.06. The monoisotopic (exact) mass is 268 g/mol. The molecular weight excluding hydrogens is 236 g/mol. The highest BCUT2D eigenvalue weighted by Crippen LogP contribution is 2.11. The molecule has 0 aliphatic carbocycles. The Bertz CT molecular complexity index is 254. The average molecular weight is 268 g/mol. The van der Waals surface area contributed by atoms with Gasteiger partial charge in [0.15, 0.2) is 0 Å². The first-order chi connectivity index (χ1) is 9.06. The van der Waals surface area contributed by atoms with Crippen molar-refractivity contribution in [1.82, 2.24) is 0 Å². The maximum Gasteiger partial charge on any atom is 0.330 e. The molecule has 0 bridgehead atoms. The molecule has 0 saturated heterocycles. The van der Waals surface area contributed by atoms with Crippen molar-refractivity contribution in [3.8, 4) is 0 Å². The number of hydrogen-bond acceptors (Lipinski definition) is 2. The average Bonchev–Trinajstić information content (AvgIpc) is 2.33. The van der Waals surface area contributed by atoms with Crippen LogP contribution in [0, 0.1) is 5.92 Å². The second-order valence-corrected chi connectivity index (χ2v) is 5.86. The smallest absolute Gasteiger partial charge is 0.330 e. The number of hydrogen-bond donors (Lipinski definition) is 0. The highest BCUT2D eigenvalue weighted by molar-refractivity contribution is 5.82. The van der Waals surface area contributed by atoms with Crippen molar-refractivity contribution in [2.24, 2.45) is 5.92 Å². The molecule has 0 fully saturated rings. The summed E-state index contributed by atoms with van der Waals surface area (Å²) in [5.41, 5.74) is 1.14. The van der Waals surface area contributed by atoms with Crippen molar-refractivity contribution >= 4 is 5.97 Å². The predicted molar refractivity (Wildman–Crippen MR) is 82.2 cm³/mol. The van der Waals surface area contributed by atoms with Gasteiger partial charge in [0.1, 0.15) is 0 Å². The Morgan fingerprint density at radius 1 is 1.11 bits per heavy atom. The molecule has 2 nitrogen and oxygen atoms in total. The van der Waals surface area contributed by atoms with Crippen LogP contribution >= 0.6 is 0 Å². The molecule has 0 heterocycles. The fourth-order valence-electron chi connectivity index (χ4n) is 1.89. The highest BCUT2D eigenvalue weighted by atomic mass is 16.5. The minimum atomic E-state index is -0.177. The third kappa shape index (κ3) is 13.4. The first-order valence-corrected chi connectivity index (χ1v) is 7.90. The van der Waals surface area contributed by atoms with Gasteiger partial charge in [0.25, 0.3) is 0 Å². The van der Waals surface area contributed by atoms with Gasteiger partial charge in [-0.2, -0.15) is 0 Å². The van der Waals surface area contributed by atoms with Crippen molar-refractivity contribution in [1.29, 1.82) is 0 Å². The maximum absolute atomic E-state index is 11.5. The molecule has 0 atom stereocenters. The van der Waals surface area contributed by atoms with Gasteiger partial charge in [0, 0.05) is 6.08 Å². The zero-order chi connectivity index (χ0) is 14.5. The van der Waals surface area contributed by atoms with Gasteiger partial charge in [-0.15, -0.1) is 0 Å². The van der Waals surface area contributed by atoms with Crippen LogP contribution in [-0.4, -0.2) is 12.6 Å². The van der Waals surface area contributed by atoms with E-state index in [0.717, 1.165) is 18.4 Å². The lowest BCUT2D eigenvalue weighted by atomic mass is 10.1. The van der Waals surface area contributed by atoms with E-state index < -0.39 is 0 Å². The van der Waals surface area contributed by atoms with E-state index in [9.17, 15) is 4.79 Å². The molecule has 0 aromatic carbocycles. The first-order valence-electron chi connectivity index (χ1n) is 7.90. The molecule has 19 heavy (non-hydrogen) atoms. The summed E-state index contributed by atoms with van der Waals surface area (Å²) in [7, 11) is 0. The number of esters is 1. The Labute approximate surface area is 119 Å². The molecule has 0 rings (SSSR count). The first kappa shape index (κ1) is 18.2. The summed E-state index contributed by atoms with van der Waals surface area (Å²) in [4.78, 5) is 11.5. The van der Waals surface area contributed by atoms with Gasteiger partial charge in [-0.1, -0.05) is 58.4 Å². The lowest BCUT2D eigenvalue weighted by Gasteiger charge is -2.05. The molecule has 0 N–H and O–H groups in total.